The van der Waals surface area contributed by atoms with Gasteiger partial charge in [0.25, 0.3) is 0 Å². The van der Waals surface area contributed by atoms with E-state index in [-0.39, 0.29) is 0 Å². The Morgan fingerprint density at radius 2 is 2.00 bits per heavy atom. The van der Waals surface area contributed by atoms with Gasteiger partial charge in [-0.3, -0.25) is 0 Å². The Kier molecular flexibility index (Phi) is 3.00. The van der Waals surface area contributed by atoms with Gasteiger partial charge in [0.2, 0.25) is 0 Å². The van der Waals surface area contributed by atoms with E-state index in [0.29, 0.717) is 5.03 Å². The van der Waals surface area contributed by atoms with Gasteiger partial charge >= 0.3 is 0 Å². The van der Waals surface area contributed by atoms with Crippen molar-refractivity contribution in [2.45, 2.75) is 0 Å². The number of aliphatic hydroxyl groups excluding tert-OH is 1. The molecular formula is C9H9ClO2. The second-order valence-corrected chi connectivity index (χ2v) is 2.61. The lowest BCUT2D eigenvalue weighted by molar-refractivity contribution is 0.415. The van der Waals surface area contributed by atoms with E-state index in [1.165, 1.54) is 0 Å². The Morgan fingerprint density at radius 3 is 2.42 bits per heavy atom. The zero-order chi connectivity index (χ0) is 8.97. The summed E-state index contributed by atoms with van der Waals surface area (Å²) in [6.45, 7) is 0. The largest absolute Gasteiger partial charge is 0.514 e. The van der Waals surface area contributed by atoms with Crippen molar-refractivity contribution in [3.05, 3.63) is 36.1 Å². The maximum absolute atomic E-state index is 8.59. The third-order valence-electron chi connectivity index (χ3n) is 1.48. The Hall–Kier alpha value is -1.15. The van der Waals surface area contributed by atoms with Gasteiger partial charge in [-0.25, -0.2) is 0 Å². The molecule has 1 rings (SSSR count). The lowest BCUT2D eigenvalue weighted by Crippen LogP contribution is -1.82. The molecule has 12 heavy (non-hydrogen) atoms. The summed E-state index contributed by atoms with van der Waals surface area (Å²) < 4.78 is 4.96. The van der Waals surface area contributed by atoms with Gasteiger partial charge in [-0.1, -0.05) is 11.6 Å². The summed E-state index contributed by atoms with van der Waals surface area (Å²) in [5, 5.41) is 8.91. The third kappa shape index (κ3) is 1.92. The molecule has 0 amide bonds. The summed E-state index contributed by atoms with van der Waals surface area (Å²) in [4.78, 5) is 0. The van der Waals surface area contributed by atoms with Crippen LogP contribution >= 0.6 is 11.6 Å². The fourth-order valence-electron chi connectivity index (χ4n) is 0.825. The van der Waals surface area contributed by atoms with Crippen LogP contribution in [0.5, 0.6) is 5.75 Å². The Morgan fingerprint density at radius 1 is 1.42 bits per heavy atom. The van der Waals surface area contributed by atoms with Gasteiger partial charge < -0.3 is 9.84 Å². The zero-order valence-corrected chi connectivity index (χ0v) is 7.38. The molecule has 0 aliphatic heterocycles. The van der Waals surface area contributed by atoms with Crippen LogP contribution in [0.2, 0.25) is 0 Å². The van der Waals surface area contributed by atoms with E-state index in [2.05, 4.69) is 0 Å². The lowest BCUT2D eigenvalue weighted by Gasteiger charge is -2.00. The molecule has 0 radical (unpaired) electrons. The minimum absolute atomic E-state index is 0.317. The Labute approximate surface area is 76.0 Å². The lowest BCUT2D eigenvalue weighted by atomic mass is 10.2. The monoisotopic (exact) mass is 184 g/mol. The van der Waals surface area contributed by atoms with Gasteiger partial charge in [-0.2, -0.15) is 0 Å². The van der Waals surface area contributed by atoms with Gasteiger partial charge in [0.15, 0.2) is 0 Å². The maximum atomic E-state index is 8.59. The predicted octanol–water partition coefficient (Wildman–Crippen LogP) is 2.79. The molecule has 1 N–H and O–H groups in total. The molecule has 0 bridgehead atoms. The number of aliphatic hydroxyl groups is 1. The fourth-order valence-corrected chi connectivity index (χ4v) is 0.951. The highest BCUT2D eigenvalue weighted by Crippen LogP contribution is 2.20. The highest BCUT2D eigenvalue weighted by atomic mass is 35.5. The molecular weight excluding hydrogens is 176 g/mol. The predicted molar refractivity (Wildman–Crippen MR) is 49.5 cm³/mol. The Bertz CT molecular complexity index is 277. The van der Waals surface area contributed by atoms with E-state index in [4.69, 9.17) is 21.4 Å². The van der Waals surface area contributed by atoms with Crippen molar-refractivity contribution in [2.75, 3.05) is 7.11 Å². The number of hydrogen-bond acceptors (Lipinski definition) is 2. The van der Waals surface area contributed by atoms with Crippen molar-refractivity contribution in [2.24, 2.45) is 0 Å². The molecule has 0 saturated carbocycles. The van der Waals surface area contributed by atoms with Crippen LogP contribution in [0, 0.1) is 0 Å². The first-order chi connectivity index (χ1) is 5.77. The molecule has 0 spiro atoms. The van der Waals surface area contributed by atoms with E-state index >= 15 is 0 Å². The molecule has 0 atom stereocenters. The smallest absolute Gasteiger partial charge is 0.118 e. The second kappa shape index (κ2) is 4.02. The van der Waals surface area contributed by atoms with Crippen LogP contribution in [-0.4, -0.2) is 12.2 Å². The summed E-state index contributed by atoms with van der Waals surface area (Å²) in [5.74, 6) is 0.765. The molecule has 0 aliphatic rings. The molecule has 0 saturated heterocycles. The van der Waals surface area contributed by atoms with Crippen LogP contribution < -0.4 is 4.74 Å². The van der Waals surface area contributed by atoms with Crippen molar-refractivity contribution < 1.29 is 9.84 Å². The second-order valence-electron chi connectivity index (χ2n) is 2.21. The molecule has 0 heterocycles. The zero-order valence-electron chi connectivity index (χ0n) is 6.62. The molecule has 0 unspecified atom stereocenters. The maximum Gasteiger partial charge on any atom is 0.118 e. The van der Waals surface area contributed by atoms with Crippen LogP contribution in [0.1, 0.15) is 5.56 Å². The summed E-state index contributed by atoms with van der Waals surface area (Å²) in [7, 11) is 1.60. The summed E-state index contributed by atoms with van der Waals surface area (Å²) in [6, 6.07) is 7.10. The standard InChI is InChI=1S/C9H9ClO2/c1-12-8-4-2-7(3-5-8)9(10)6-11/h2-6,11H,1H3/b9-6-. The normalized spacial score (nSPS) is 11.3. The quantitative estimate of drug-likeness (QED) is 0.717. The summed E-state index contributed by atoms with van der Waals surface area (Å²) in [5.41, 5.74) is 0.764. The van der Waals surface area contributed by atoms with Crippen LogP contribution in [0.4, 0.5) is 0 Å². The first-order valence-electron chi connectivity index (χ1n) is 3.42. The van der Waals surface area contributed by atoms with Gasteiger partial charge in [-0.15, -0.1) is 0 Å². The van der Waals surface area contributed by atoms with E-state index < -0.39 is 0 Å². The highest BCUT2D eigenvalue weighted by molar-refractivity contribution is 6.48. The van der Waals surface area contributed by atoms with Gasteiger partial charge in [0.05, 0.1) is 18.4 Å². The van der Waals surface area contributed by atoms with Crippen LogP contribution in [-0.2, 0) is 0 Å². The summed E-state index contributed by atoms with van der Waals surface area (Å²) in [6.07, 6.45) is 0.864. The van der Waals surface area contributed by atoms with Gasteiger partial charge in [0.1, 0.15) is 5.75 Å². The first kappa shape index (κ1) is 8.94. The number of hydrogen-bond donors (Lipinski definition) is 1. The van der Waals surface area contributed by atoms with Crippen molar-refractivity contribution in [1.82, 2.24) is 0 Å². The number of halogens is 1. The number of rotatable bonds is 2. The Balaban J connectivity index is 2.92. The van der Waals surface area contributed by atoms with E-state index in [9.17, 15) is 0 Å². The molecule has 1 aromatic carbocycles. The number of ether oxygens (including phenoxy) is 1. The molecule has 0 fully saturated rings. The molecule has 64 valence electrons. The molecule has 3 heteroatoms. The topological polar surface area (TPSA) is 29.5 Å². The molecule has 0 aliphatic carbocycles. The SMILES string of the molecule is COc1ccc(/C(Cl)=C/O)cc1. The molecule has 1 aromatic rings. The van der Waals surface area contributed by atoms with Crippen molar-refractivity contribution in [3.8, 4) is 5.75 Å². The molecule has 2 nitrogen and oxygen atoms in total. The summed E-state index contributed by atoms with van der Waals surface area (Å²) >= 11 is 5.66. The minimum atomic E-state index is 0.317. The van der Waals surface area contributed by atoms with Crippen LogP contribution in [0.15, 0.2) is 30.5 Å². The van der Waals surface area contributed by atoms with Gasteiger partial charge in [0, 0.05) is 0 Å². The average Bonchev–Trinajstić information content (AvgIpc) is 2.17. The van der Waals surface area contributed by atoms with Crippen molar-refractivity contribution in [3.63, 3.8) is 0 Å². The van der Waals surface area contributed by atoms with Gasteiger partial charge in [-0.05, 0) is 29.8 Å². The number of benzene rings is 1. The fraction of sp³-hybridized carbons (Fsp3) is 0.111. The van der Waals surface area contributed by atoms with E-state index in [1.54, 1.807) is 31.4 Å². The van der Waals surface area contributed by atoms with Crippen molar-refractivity contribution in [1.29, 1.82) is 0 Å². The average molecular weight is 185 g/mol. The van der Waals surface area contributed by atoms with Crippen LogP contribution in [0.25, 0.3) is 5.03 Å². The minimum Gasteiger partial charge on any atom is -0.514 e. The highest BCUT2D eigenvalue weighted by Gasteiger charge is 1.97. The first-order valence-corrected chi connectivity index (χ1v) is 3.80. The van der Waals surface area contributed by atoms with Crippen LogP contribution in [0.3, 0.4) is 0 Å². The molecule has 0 aromatic heterocycles. The third-order valence-corrected chi connectivity index (χ3v) is 1.79. The van der Waals surface area contributed by atoms with E-state index in [0.717, 1.165) is 17.6 Å². The van der Waals surface area contributed by atoms with Crippen molar-refractivity contribution >= 4 is 16.6 Å². The number of methoxy groups -OCH3 is 1. The van der Waals surface area contributed by atoms with E-state index in [1.807, 2.05) is 0 Å².